The number of hydrogen-bond donors (Lipinski definition) is 1. The van der Waals surface area contributed by atoms with Crippen LogP contribution in [0.5, 0.6) is 0 Å². The van der Waals surface area contributed by atoms with Crippen LogP contribution >= 0.6 is 0 Å². The molecule has 4 rings (SSSR count). The molecule has 5 nitrogen and oxygen atoms in total. The molecule has 30 heavy (non-hydrogen) atoms. The van der Waals surface area contributed by atoms with Crippen molar-refractivity contribution in [3.05, 3.63) is 66.2 Å². The second-order valence-electron chi connectivity index (χ2n) is 8.15. The number of hydrogen-bond acceptors (Lipinski definition) is 4. The number of carbonyl (C=O) groups excluding carboxylic acids is 1. The molecule has 158 valence electrons. The fraction of sp³-hybridized carbons (Fsp3) is 0.400. The molecule has 1 amide bonds. The van der Waals surface area contributed by atoms with E-state index in [2.05, 4.69) is 68.6 Å². The fourth-order valence-electron chi connectivity index (χ4n) is 4.24. The van der Waals surface area contributed by atoms with Crippen molar-refractivity contribution in [3.63, 3.8) is 0 Å². The number of para-hydroxylation sites is 2. The lowest BCUT2D eigenvalue weighted by Gasteiger charge is -2.33. The SMILES string of the molecule is O=C(CN1CCN(C/C=C/c2ccccc2)CC1)Nc1ccccc1N1CCCC1. The fourth-order valence-corrected chi connectivity index (χ4v) is 4.24. The maximum Gasteiger partial charge on any atom is 0.238 e. The summed E-state index contributed by atoms with van der Waals surface area (Å²) in [5.41, 5.74) is 3.33. The molecule has 0 unspecified atom stereocenters. The van der Waals surface area contributed by atoms with Crippen LogP contribution in [0.4, 0.5) is 11.4 Å². The molecule has 1 N–H and O–H groups in total. The van der Waals surface area contributed by atoms with E-state index in [1.165, 1.54) is 18.4 Å². The van der Waals surface area contributed by atoms with E-state index in [-0.39, 0.29) is 5.91 Å². The van der Waals surface area contributed by atoms with E-state index < -0.39 is 0 Å². The molecule has 0 spiro atoms. The Bertz CT molecular complexity index is 837. The number of carbonyl (C=O) groups is 1. The Labute approximate surface area is 180 Å². The van der Waals surface area contributed by atoms with Crippen molar-refractivity contribution in [2.45, 2.75) is 12.8 Å². The summed E-state index contributed by atoms with van der Waals surface area (Å²) in [4.78, 5) is 19.7. The third kappa shape index (κ3) is 5.71. The molecule has 2 aliphatic rings. The highest BCUT2D eigenvalue weighted by atomic mass is 16.2. The van der Waals surface area contributed by atoms with E-state index in [1.54, 1.807) is 0 Å². The first-order valence-corrected chi connectivity index (χ1v) is 11.1. The molecule has 2 aromatic rings. The second kappa shape index (κ2) is 10.4. The largest absolute Gasteiger partial charge is 0.370 e. The van der Waals surface area contributed by atoms with E-state index in [9.17, 15) is 4.79 Å². The van der Waals surface area contributed by atoms with Crippen molar-refractivity contribution in [2.75, 3.05) is 62.6 Å². The van der Waals surface area contributed by atoms with Gasteiger partial charge in [0.25, 0.3) is 0 Å². The van der Waals surface area contributed by atoms with Crippen LogP contribution in [-0.4, -0.2) is 68.1 Å². The highest BCUT2D eigenvalue weighted by Gasteiger charge is 2.20. The molecular formula is C25H32N4O. The number of amides is 1. The van der Waals surface area contributed by atoms with Gasteiger partial charge in [-0.15, -0.1) is 0 Å². The lowest BCUT2D eigenvalue weighted by atomic mass is 10.2. The van der Waals surface area contributed by atoms with Crippen molar-refractivity contribution in [1.82, 2.24) is 9.80 Å². The van der Waals surface area contributed by atoms with Crippen molar-refractivity contribution < 1.29 is 4.79 Å². The molecule has 0 saturated carbocycles. The minimum absolute atomic E-state index is 0.0825. The Morgan fingerprint density at radius 1 is 0.833 bits per heavy atom. The molecule has 2 fully saturated rings. The number of piperazine rings is 1. The predicted molar refractivity (Wildman–Crippen MR) is 125 cm³/mol. The van der Waals surface area contributed by atoms with Crippen molar-refractivity contribution >= 4 is 23.4 Å². The number of nitrogens with zero attached hydrogens (tertiary/aromatic N) is 3. The summed E-state index contributed by atoms with van der Waals surface area (Å²) in [6, 6.07) is 18.6. The Hall–Kier alpha value is -2.63. The maximum atomic E-state index is 12.7. The zero-order valence-electron chi connectivity index (χ0n) is 17.7. The molecule has 2 saturated heterocycles. The topological polar surface area (TPSA) is 38.8 Å². The van der Waals surface area contributed by atoms with Gasteiger partial charge in [-0.1, -0.05) is 54.6 Å². The molecule has 0 radical (unpaired) electrons. The smallest absolute Gasteiger partial charge is 0.238 e. The Balaban J connectivity index is 1.22. The Kier molecular flexibility index (Phi) is 7.16. The molecule has 2 aliphatic heterocycles. The summed E-state index contributed by atoms with van der Waals surface area (Å²) in [5, 5.41) is 3.15. The first-order chi connectivity index (χ1) is 14.8. The average molecular weight is 405 g/mol. The van der Waals surface area contributed by atoms with E-state index in [4.69, 9.17) is 0 Å². The van der Waals surface area contributed by atoms with E-state index in [0.29, 0.717) is 6.54 Å². The summed E-state index contributed by atoms with van der Waals surface area (Å²) in [6.45, 7) is 7.43. The summed E-state index contributed by atoms with van der Waals surface area (Å²) in [5.74, 6) is 0.0825. The lowest BCUT2D eigenvalue weighted by Crippen LogP contribution is -2.48. The summed E-state index contributed by atoms with van der Waals surface area (Å²) < 4.78 is 0. The molecular weight excluding hydrogens is 372 g/mol. The second-order valence-corrected chi connectivity index (χ2v) is 8.15. The van der Waals surface area contributed by atoms with E-state index in [0.717, 1.165) is 57.2 Å². The highest BCUT2D eigenvalue weighted by molar-refractivity contribution is 5.95. The van der Waals surface area contributed by atoms with Gasteiger partial charge in [-0.25, -0.2) is 0 Å². The van der Waals surface area contributed by atoms with Crippen molar-refractivity contribution in [3.8, 4) is 0 Å². The molecule has 0 bridgehead atoms. The van der Waals surface area contributed by atoms with Gasteiger partial charge in [0.1, 0.15) is 0 Å². The average Bonchev–Trinajstić information content (AvgIpc) is 3.31. The monoisotopic (exact) mass is 404 g/mol. The molecule has 5 heteroatoms. The summed E-state index contributed by atoms with van der Waals surface area (Å²) >= 11 is 0. The van der Waals surface area contributed by atoms with Gasteiger partial charge in [-0.05, 0) is 30.5 Å². The predicted octanol–water partition coefficient (Wildman–Crippen LogP) is 3.56. The standard InChI is InChI=1S/C25H32N4O/c30-25(26-23-12-4-5-13-24(23)29-15-6-7-16-29)21-28-19-17-27(18-20-28)14-8-11-22-9-2-1-3-10-22/h1-5,8-13H,6-7,14-21H2,(H,26,30)/b11-8+. The number of benzene rings is 2. The summed E-state index contributed by atoms with van der Waals surface area (Å²) in [6.07, 6.45) is 6.87. The van der Waals surface area contributed by atoms with Gasteiger partial charge in [-0.2, -0.15) is 0 Å². The van der Waals surface area contributed by atoms with Gasteiger partial charge in [0, 0.05) is 45.8 Å². The van der Waals surface area contributed by atoms with Gasteiger partial charge in [0.15, 0.2) is 0 Å². The van der Waals surface area contributed by atoms with Crippen LogP contribution in [0.25, 0.3) is 6.08 Å². The van der Waals surface area contributed by atoms with Crippen molar-refractivity contribution in [2.24, 2.45) is 0 Å². The number of nitrogens with one attached hydrogen (secondary N) is 1. The zero-order valence-corrected chi connectivity index (χ0v) is 17.7. The van der Waals surface area contributed by atoms with Crippen LogP contribution in [0.1, 0.15) is 18.4 Å². The van der Waals surface area contributed by atoms with Gasteiger partial charge in [0.05, 0.1) is 17.9 Å². The van der Waals surface area contributed by atoms with Gasteiger partial charge in [-0.3, -0.25) is 14.6 Å². The lowest BCUT2D eigenvalue weighted by molar-refractivity contribution is -0.117. The van der Waals surface area contributed by atoms with Gasteiger partial charge < -0.3 is 10.2 Å². The van der Waals surface area contributed by atoms with Crippen molar-refractivity contribution in [1.29, 1.82) is 0 Å². The number of anilines is 2. The quantitative estimate of drug-likeness (QED) is 0.766. The molecule has 0 atom stereocenters. The normalized spacial score (nSPS) is 18.2. The van der Waals surface area contributed by atoms with E-state index >= 15 is 0 Å². The number of rotatable bonds is 7. The minimum Gasteiger partial charge on any atom is -0.370 e. The molecule has 2 aromatic carbocycles. The van der Waals surface area contributed by atoms with Crippen LogP contribution in [0.15, 0.2) is 60.7 Å². The Morgan fingerprint density at radius 2 is 1.50 bits per heavy atom. The third-order valence-corrected chi connectivity index (χ3v) is 5.93. The molecule has 2 heterocycles. The van der Waals surface area contributed by atoms with E-state index in [1.807, 2.05) is 18.2 Å². The zero-order chi connectivity index (χ0) is 20.6. The van der Waals surface area contributed by atoms with Crippen LogP contribution in [-0.2, 0) is 4.79 Å². The first-order valence-electron chi connectivity index (χ1n) is 11.1. The molecule has 0 aliphatic carbocycles. The maximum absolute atomic E-state index is 12.7. The Morgan fingerprint density at radius 3 is 2.27 bits per heavy atom. The van der Waals surface area contributed by atoms with Gasteiger partial charge >= 0.3 is 0 Å². The first kappa shape index (κ1) is 20.6. The van der Waals surface area contributed by atoms with Gasteiger partial charge in [0.2, 0.25) is 5.91 Å². The van der Waals surface area contributed by atoms with Crippen LogP contribution < -0.4 is 10.2 Å². The summed E-state index contributed by atoms with van der Waals surface area (Å²) in [7, 11) is 0. The van der Waals surface area contributed by atoms with Crippen LogP contribution in [0, 0.1) is 0 Å². The third-order valence-electron chi connectivity index (χ3n) is 5.93. The molecule has 0 aromatic heterocycles. The van der Waals surface area contributed by atoms with Crippen LogP contribution in [0.2, 0.25) is 0 Å². The van der Waals surface area contributed by atoms with Crippen LogP contribution in [0.3, 0.4) is 0 Å². The highest BCUT2D eigenvalue weighted by Crippen LogP contribution is 2.28. The minimum atomic E-state index is 0.0825.